The molecule has 0 aliphatic heterocycles. The number of guanidine groups is 1. The third kappa shape index (κ3) is 6.74. The molecule has 0 saturated heterocycles. The van der Waals surface area contributed by atoms with E-state index in [-0.39, 0.29) is 0 Å². The number of aryl methyl sites for hydroxylation is 1. The van der Waals surface area contributed by atoms with Crippen molar-refractivity contribution in [3.63, 3.8) is 0 Å². The molecule has 1 N–H and O–H groups in total. The summed E-state index contributed by atoms with van der Waals surface area (Å²) in [4.78, 5) is 11.4. The number of aromatic nitrogens is 1. The van der Waals surface area contributed by atoms with E-state index in [0.717, 1.165) is 49.9 Å². The molecule has 0 saturated carbocycles. The quantitative estimate of drug-likeness (QED) is 0.551. The maximum Gasteiger partial charge on any atom is 0.193 e. The average molecular weight is 361 g/mol. The van der Waals surface area contributed by atoms with E-state index in [2.05, 4.69) is 34.4 Å². The molecule has 1 heterocycles. The van der Waals surface area contributed by atoms with Crippen molar-refractivity contribution in [1.29, 1.82) is 0 Å². The van der Waals surface area contributed by atoms with Crippen molar-refractivity contribution in [3.8, 4) is 5.75 Å². The maximum absolute atomic E-state index is 5.76. The van der Waals surface area contributed by atoms with Crippen LogP contribution < -0.4 is 10.1 Å². The molecule has 25 heavy (non-hydrogen) atoms. The molecule has 2 aromatic rings. The number of hydrogen-bond acceptors (Lipinski definition) is 4. The summed E-state index contributed by atoms with van der Waals surface area (Å²) in [6.07, 6.45) is 1.88. The first-order chi connectivity index (χ1) is 12.2. The molecule has 0 aliphatic carbocycles. The van der Waals surface area contributed by atoms with Gasteiger partial charge in [-0.3, -0.25) is 4.99 Å². The lowest BCUT2D eigenvalue weighted by Gasteiger charge is -2.22. The van der Waals surface area contributed by atoms with Gasteiger partial charge in [0.25, 0.3) is 0 Å². The highest BCUT2D eigenvalue weighted by Crippen LogP contribution is 2.11. The van der Waals surface area contributed by atoms with Crippen LogP contribution in [-0.4, -0.2) is 49.1 Å². The summed E-state index contributed by atoms with van der Waals surface area (Å²) < 4.78 is 5.76. The Morgan fingerprint density at radius 1 is 1.28 bits per heavy atom. The third-order valence-corrected chi connectivity index (χ3v) is 4.71. The number of hydrogen-bond donors (Lipinski definition) is 1. The fourth-order valence-electron chi connectivity index (χ4n) is 2.30. The highest BCUT2D eigenvalue weighted by Gasteiger charge is 2.06. The predicted octanol–water partition coefficient (Wildman–Crippen LogP) is 3.22. The number of ether oxygens (including phenoxy) is 1. The van der Waals surface area contributed by atoms with Crippen LogP contribution in [-0.2, 0) is 12.8 Å². The Morgan fingerprint density at radius 3 is 2.76 bits per heavy atom. The summed E-state index contributed by atoms with van der Waals surface area (Å²) >= 11 is 1.73. The fraction of sp³-hybridized carbons (Fsp3) is 0.474. The molecule has 6 heteroatoms. The minimum Gasteiger partial charge on any atom is -0.492 e. The molecule has 5 nitrogen and oxygen atoms in total. The lowest BCUT2D eigenvalue weighted by atomic mass is 10.3. The molecule has 1 aromatic heterocycles. The number of nitrogens with zero attached hydrogens (tertiary/aromatic N) is 3. The average Bonchev–Trinajstić information content (AvgIpc) is 3.10. The largest absolute Gasteiger partial charge is 0.492 e. The summed E-state index contributed by atoms with van der Waals surface area (Å²) in [5, 5.41) is 6.67. The van der Waals surface area contributed by atoms with Gasteiger partial charge < -0.3 is 15.0 Å². The van der Waals surface area contributed by atoms with Crippen LogP contribution in [0.4, 0.5) is 0 Å². The van der Waals surface area contributed by atoms with Crippen LogP contribution >= 0.6 is 11.3 Å². The Kier molecular flexibility index (Phi) is 8.25. The second-order valence-corrected chi connectivity index (χ2v) is 6.60. The van der Waals surface area contributed by atoms with Crippen molar-refractivity contribution in [2.24, 2.45) is 4.99 Å². The van der Waals surface area contributed by atoms with Crippen molar-refractivity contribution < 1.29 is 4.74 Å². The van der Waals surface area contributed by atoms with Crippen LogP contribution in [0, 0.1) is 0 Å². The van der Waals surface area contributed by atoms with Crippen LogP contribution in [0.15, 0.2) is 40.7 Å². The van der Waals surface area contributed by atoms with Crippen LogP contribution in [0.3, 0.4) is 0 Å². The van der Waals surface area contributed by atoms with Gasteiger partial charge in [0.1, 0.15) is 12.4 Å². The Morgan fingerprint density at radius 2 is 2.08 bits per heavy atom. The summed E-state index contributed by atoms with van der Waals surface area (Å²) in [7, 11) is 2.04. The van der Waals surface area contributed by atoms with Crippen LogP contribution in [0.1, 0.15) is 24.5 Å². The number of para-hydroxylation sites is 1. The third-order valence-electron chi connectivity index (χ3n) is 3.67. The molecule has 0 bridgehead atoms. The van der Waals surface area contributed by atoms with Gasteiger partial charge in [-0.25, -0.2) is 4.98 Å². The zero-order valence-electron chi connectivity index (χ0n) is 15.4. The number of thiazole rings is 1. The first kappa shape index (κ1) is 19.2. The Labute approximate surface area is 154 Å². The Hall–Kier alpha value is -2.08. The zero-order valence-corrected chi connectivity index (χ0v) is 16.2. The van der Waals surface area contributed by atoms with Crippen LogP contribution in [0.5, 0.6) is 5.75 Å². The van der Waals surface area contributed by atoms with E-state index >= 15 is 0 Å². The number of benzene rings is 1. The minimum absolute atomic E-state index is 0.622. The molecule has 0 spiro atoms. The molecule has 0 radical (unpaired) electrons. The highest BCUT2D eigenvalue weighted by molar-refractivity contribution is 7.09. The molecule has 0 aliphatic rings. The van der Waals surface area contributed by atoms with Gasteiger partial charge in [-0.05, 0) is 25.5 Å². The topological polar surface area (TPSA) is 49.8 Å². The van der Waals surface area contributed by atoms with E-state index in [1.165, 1.54) is 5.01 Å². The molecule has 136 valence electrons. The van der Waals surface area contributed by atoms with Gasteiger partial charge in [-0.2, -0.15) is 0 Å². The second kappa shape index (κ2) is 10.7. The smallest absolute Gasteiger partial charge is 0.193 e. The minimum atomic E-state index is 0.622. The predicted molar refractivity (Wildman–Crippen MR) is 106 cm³/mol. The van der Waals surface area contributed by atoms with Crippen molar-refractivity contribution in [2.45, 2.75) is 26.7 Å². The molecule has 0 unspecified atom stereocenters. The van der Waals surface area contributed by atoms with E-state index in [1.54, 1.807) is 11.3 Å². The molecule has 1 aromatic carbocycles. The summed E-state index contributed by atoms with van der Waals surface area (Å²) in [5.74, 6) is 1.80. The number of likely N-dealkylation sites (N-methyl/N-ethyl adjacent to an activating group) is 1. The number of rotatable bonds is 9. The molecule has 2 rings (SSSR count). The van der Waals surface area contributed by atoms with Crippen LogP contribution in [0.25, 0.3) is 0 Å². The number of nitrogens with one attached hydrogen (secondary N) is 1. The monoisotopic (exact) mass is 360 g/mol. The zero-order chi connectivity index (χ0) is 17.9. The van der Waals surface area contributed by atoms with Gasteiger partial charge in [-0.15, -0.1) is 11.3 Å². The fourth-order valence-corrected chi connectivity index (χ4v) is 3.07. The van der Waals surface area contributed by atoms with Gasteiger partial charge in [0.2, 0.25) is 0 Å². The highest BCUT2D eigenvalue weighted by atomic mass is 32.1. The Balaban J connectivity index is 1.80. The SMILES string of the molecule is CCNC(=NCCc1csc(CC)n1)N(C)CCOc1ccccc1. The van der Waals surface area contributed by atoms with E-state index in [1.807, 2.05) is 37.4 Å². The lowest BCUT2D eigenvalue weighted by molar-refractivity contribution is 0.281. The van der Waals surface area contributed by atoms with Crippen LogP contribution in [0.2, 0.25) is 0 Å². The lowest BCUT2D eigenvalue weighted by Crippen LogP contribution is -2.41. The van der Waals surface area contributed by atoms with Crippen molar-refractivity contribution in [3.05, 3.63) is 46.4 Å². The molecule has 0 fully saturated rings. The van der Waals surface area contributed by atoms with E-state index in [0.29, 0.717) is 6.61 Å². The van der Waals surface area contributed by atoms with Gasteiger partial charge in [0.15, 0.2) is 5.96 Å². The van der Waals surface area contributed by atoms with E-state index < -0.39 is 0 Å². The van der Waals surface area contributed by atoms with Gasteiger partial charge in [-0.1, -0.05) is 25.1 Å². The molecular formula is C19H28N4OS. The maximum atomic E-state index is 5.76. The number of aliphatic imine (C=N–C) groups is 1. The standard InChI is InChI=1S/C19H28N4OS/c1-4-18-22-16(15-25-18)11-12-21-19(20-5-2)23(3)13-14-24-17-9-7-6-8-10-17/h6-10,15H,4-5,11-14H2,1-3H3,(H,20,21). The van der Waals surface area contributed by atoms with E-state index in [9.17, 15) is 0 Å². The normalized spacial score (nSPS) is 11.4. The van der Waals surface area contributed by atoms with E-state index in [4.69, 9.17) is 9.73 Å². The molecule has 0 atom stereocenters. The van der Waals surface area contributed by atoms with Crippen molar-refractivity contribution in [1.82, 2.24) is 15.2 Å². The molecule has 0 amide bonds. The summed E-state index contributed by atoms with van der Waals surface area (Å²) in [5.41, 5.74) is 1.14. The van der Waals surface area contributed by atoms with Gasteiger partial charge in [0, 0.05) is 31.9 Å². The first-order valence-corrected chi connectivity index (χ1v) is 9.71. The second-order valence-electron chi connectivity index (χ2n) is 5.65. The van der Waals surface area contributed by atoms with Gasteiger partial charge in [0.05, 0.1) is 17.2 Å². The molecular weight excluding hydrogens is 332 g/mol. The van der Waals surface area contributed by atoms with Gasteiger partial charge >= 0.3 is 0 Å². The summed E-state index contributed by atoms with van der Waals surface area (Å²) in [6.45, 7) is 7.20. The van der Waals surface area contributed by atoms with Crippen molar-refractivity contribution in [2.75, 3.05) is 33.3 Å². The Bertz CT molecular complexity index is 642. The summed E-state index contributed by atoms with van der Waals surface area (Å²) in [6, 6.07) is 9.89. The van der Waals surface area contributed by atoms with Crippen molar-refractivity contribution >= 4 is 17.3 Å². The first-order valence-electron chi connectivity index (χ1n) is 8.83.